The molecule has 0 aliphatic heterocycles. The SMILES string of the molecule is NC1CCC(c2nc(-c3ncc(Cl)cc3Cl)no2)CC1. The van der Waals surface area contributed by atoms with E-state index in [0.29, 0.717) is 33.5 Å². The molecule has 1 saturated carbocycles. The number of nitrogens with zero attached hydrogens (tertiary/aromatic N) is 3. The Morgan fingerprint density at radius 3 is 2.65 bits per heavy atom. The van der Waals surface area contributed by atoms with Crippen LogP contribution < -0.4 is 5.73 Å². The topological polar surface area (TPSA) is 77.8 Å². The quantitative estimate of drug-likeness (QED) is 0.919. The Morgan fingerprint density at radius 1 is 1.20 bits per heavy atom. The van der Waals surface area contributed by atoms with Gasteiger partial charge in [-0.25, -0.2) is 4.98 Å². The predicted octanol–water partition coefficient (Wildman–Crippen LogP) is 3.42. The first-order valence-electron chi connectivity index (χ1n) is 6.54. The molecule has 0 aromatic carbocycles. The van der Waals surface area contributed by atoms with E-state index < -0.39 is 0 Å². The lowest BCUT2D eigenvalue weighted by molar-refractivity contribution is 0.301. The van der Waals surface area contributed by atoms with Gasteiger partial charge in [-0.15, -0.1) is 0 Å². The molecule has 0 radical (unpaired) electrons. The first-order valence-corrected chi connectivity index (χ1v) is 7.29. The molecule has 3 rings (SSSR count). The number of rotatable bonds is 2. The molecule has 0 bridgehead atoms. The normalized spacial score (nSPS) is 22.9. The molecule has 0 unspecified atom stereocenters. The van der Waals surface area contributed by atoms with Crippen molar-refractivity contribution in [3.63, 3.8) is 0 Å². The van der Waals surface area contributed by atoms with Gasteiger partial charge in [-0.1, -0.05) is 28.4 Å². The van der Waals surface area contributed by atoms with Crippen molar-refractivity contribution in [1.82, 2.24) is 15.1 Å². The smallest absolute Gasteiger partial charge is 0.230 e. The Kier molecular flexibility index (Phi) is 3.92. The molecule has 7 heteroatoms. The summed E-state index contributed by atoms with van der Waals surface area (Å²) in [7, 11) is 0. The molecule has 20 heavy (non-hydrogen) atoms. The van der Waals surface area contributed by atoms with Gasteiger partial charge >= 0.3 is 0 Å². The third kappa shape index (κ3) is 2.80. The fraction of sp³-hybridized carbons (Fsp3) is 0.462. The minimum absolute atomic E-state index is 0.280. The zero-order valence-electron chi connectivity index (χ0n) is 10.7. The highest BCUT2D eigenvalue weighted by Crippen LogP contribution is 2.33. The van der Waals surface area contributed by atoms with Crippen LogP contribution in [0.2, 0.25) is 10.0 Å². The van der Waals surface area contributed by atoms with Crippen LogP contribution in [0.15, 0.2) is 16.8 Å². The van der Waals surface area contributed by atoms with E-state index in [1.54, 1.807) is 6.07 Å². The summed E-state index contributed by atoms with van der Waals surface area (Å²) in [5.74, 6) is 1.32. The number of hydrogen-bond acceptors (Lipinski definition) is 5. The highest BCUT2D eigenvalue weighted by atomic mass is 35.5. The van der Waals surface area contributed by atoms with Gasteiger partial charge in [0.05, 0.1) is 10.0 Å². The van der Waals surface area contributed by atoms with Crippen molar-refractivity contribution in [3.05, 3.63) is 28.2 Å². The van der Waals surface area contributed by atoms with Crippen LogP contribution in [0.5, 0.6) is 0 Å². The van der Waals surface area contributed by atoms with Crippen LogP contribution in [0, 0.1) is 0 Å². The zero-order chi connectivity index (χ0) is 14.1. The Labute approximate surface area is 126 Å². The van der Waals surface area contributed by atoms with E-state index in [1.807, 2.05) is 0 Å². The molecule has 106 valence electrons. The molecule has 0 spiro atoms. The van der Waals surface area contributed by atoms with Crippen molar-refractivity contribution in [2.45, 2.75) is 37.6 Å². The second-order valence-electron chi connectivity index (χ2n) is 5.05. The van der Waals surface area contributed by atoms with Gasteiger partial charge in [0.15, 0.2) is 0 Å². The Hall–Kier alpha value is -1.17. The minimum Gasteiger partial charge on any atom is -0.339 e. The largest absolute Gasteiger partial charge is 0.339 e. The molecule has 1 aliphatic rings. The molecule has 1 fully saturated rings. The van der Waals surface area contributed by atoms with Crippen molar-refractivity contribution < 1.29 is 4.52 Å². The van der Waals surface area contributed by atoms with Crippen LogP contribution in [0.4, 0.5) is 0 Å². The molecular weight excluding hydrogens is 299 g/mol. The minimum atomic E-state index is 0.280. The van der Waals surface area contributed by atoms with Gasteiger partial charge in [0.25, 0.3) is 0 Å². The van der Waals surface area contributed by atoms with Crippen LogP contribution in [0.25, 0.3) is 11.5 Å². The van der Waals surface area contributed by atoms with Crippen LogP contribution in [0.1, 0.15) is 37.5 Å². The number of pyridine rings is 1. The third-order valence-corrected chi connectivity index (χ3v) is 4.08. The number of nitrogens with two attached hydrogens (primary N) is 1. The molecule has 2 aromatic rings. The van der Waals surface area contributed by atoms with E-state index >= 15 is 0 Å². The molecule has 2 aromatic heterocycles. The molecule has 0 amide bonds. The van der Waals surface area contributed by atoms with Gasteiger partial charge in [-0.05, 0) is 31.7 Å². The first kappa shape index (κ1) is 13.8. The number of hydrogen-bond donors (Lipinski definition) is 1. The van der Waals surface area contributed by atoms with E-state index in [4.69, 9.17) is 33.5 Å². The number of halogens is 2. The van der Waals surface area contributed by atoms with Crippen LogP contribution in [-0.2, 0) is 0 Å². The number of aromatic nitrogens is 3. The second-order valence-corrected chi connectivity index (χ2v) is 5.90. The van der Waals surface area contributed by atoms with E-state index in [1.165, 1.54) is 6.20 Å². The summed E-state index contributed by atoms with van der Waals surface area (Å²) in [4.78, 5) is 8.56. The molecule has 2 N–H and O–H groups in total. The molecular formula is C13H14Cl2N4O. The monoisotopic (exact) mass is 312 g/mol. The lowest BCUT2D eigenvalue weighted by Gasteiger charge is -2.22. The zero-order valence-corrected chi connectivity index (χ0v) is 12.2. The second kappa shape index (κ2) is 5.68. The maximum absolute atomic E-state index is 6.09. The highest BCUT2D eigenvalue weighted by molar-refractivity contribution is 6.35. The summed E-state index contributed by atoms with van der Waals surface area (Å²) in [6.07, 6.45) is 5.44. The van der Waals surface area contributed by atoms with E-state index in [0.717, 1.165) is 25.7 Å². The first-order chi connectivity index (χ1) is 9.63. The highest BCUT2D eigenvalue weighted by Gasteiger charge is 2.25. The summed E-state index contributed by atoms with van der Waals surface area (Å²) < 4.78 is 5.35. The predicted molar refractivity (Wildman–Crippen MR) is 76.7 cm³/mol. The Balaban J connectivity index is 1.83. The molecule has 0 saturated heterocycles. The van der Waals surface area contributed by atoms with Crippen molar-refractivity contribution >= 4 is 23.2 Å². The van der Waals surface area contributed by atoms with Gasteiger partial charge < -0.3 is 10.3 Å². The van der Waals surface area contributed by atoms with Crippen molar-refractivity contribution in [1.29, 1.82) is 0 Å². The van der Waals surface area contributed by atoms with Crippen LogP contribution >= 0.6 is 23.2 Å². The molecule has 1 aliphatic carbocycles. The molecule has 5 nitrogen and oxygen atoms in total. The van der Waals surface area contributed by atoms with Crippen molar-refractivity contribution in [3.8, 4) is 11.5 Å². The van der Waals surface area contributed by atoms with Gasteiger partial charge in [-0.2, -0.15) is 4.98 Å². The Bertz CT molecular complexity index is 608. The maximum atomic E-state index is 6.09. The van der Waals surface area contributed by atoms with E-state index in [9.17, 15) is 0 Å². The van der Waals surface area contributed by atoms with Gasteiger partial charge in [0.1, 0.15) is 5.69 Å². The summed E-state index contributed by atoms with van der Waals surface area (Å²) in [5.41, 5.74) is 6.38. The average Bonchev–Trinajstić information content (AvgIpc) is 2.89. The van der Waals surface area contributed by atoms with Gasteiger partial charge in [-0.3, -0.25) is 0 Å². The van der Waals surface area contributed by atoms with Crippen molar-refractivity contribution in [2.75, 3.05) is 0 Å². The van der Waals surface area contributed by atoms with Gasteiger partial charge in [0, 0.05) is 18.2 Å². The lowest BCUT2D eigenvalue weighted by atomic mass is 9.86. The fourth-order valence-electron chi connectivity index (χ4n) is 2.44. The van der Waals surface area contributed by atoms with Crippen LogP contribution in [0.3, 0.4) is 0 Å². The average molecular weight is 313 g/mol. The van der Waals surface area contributed by atoms with Crippen molar-refractivity contribution in [2.24, 2.45) is 5.73 Å². The lowest BCUT2D eigenvalue weighted by Crippen LogP contribution is -2.25. The summed E-state index contributed by atoms with van der Waals surface area (Å²) >= 11 is 11.9. The van der Waals surface area contributed by atoms with E-state index in [2.05, 4.69) is 15.1 Å². The summed E-state index contributed by atoms with van der Waals surface area (Å²) in [6, 6.07) is 1.90. The summed E-state index contributed by atoms with van der Waals surface area (Å²) in [6.45, 7) is 0. The maximum Gasteiger partial charge on any atom is 0.230 e. The third-order valence-electron chi connectivity index (χ3n) is 3.58. The Morgan fingerprint density at radius 2 is 1.95 bits per heavy atom. The summed E-state index contributed by atoms with van der Waals surface area (Å²) in [5, 5.41) is 4.85. The van der Waals surface area contributed by atoms with Gasteiger partial charge in [0.2, 0.25) is 11.7 Å². The standard InChI is InChI=1S/C13H14Cl2N4O/c14-8-5-10(15)11(17-6-8)12-18-13(20-19-12)7-1-3-9(16)4-2-7/h5-7,9H,1-4,16H2. The van der Waals surface area contributed by atoms with Crippen LogP contribution in [-0.4, -0.2) is 21.2 Å². The van der Waals surface area contributed by atoms with E-state index in [-0.39, 0.29) is 5.92 Å². The molecule has 2 heterocycles. The molecule has 0 atom stereocenters. The fourth-order valence-corrected chi connectivity index (χ4v) is 2.91.